The number of benzene rings is 2. The van der Waals surface area contributed by atoms with Gasteiger partial charge in [0.05, 0.1) is 17.7 Å². The Morgan fingerprint density at radius 3 is 2.12 bits per heavy atom. The van der Waals surface area contributed by atoms with Gasteiger partial charge in [0.1, 0.15) is 0 Å². The molecule has 0 radical (unpaired) electrons. The van der Waals surface area contributed by atoms with Gasteiger partial charge < -0.3 is 5.32 Å². The Balaban J connectivity index is 1.48. The number of nitrogens with one attached hydrogen (secondary N) is 1. The predicted molar refractivity (Wildman–Crippen MR) is 128 cm³/mol. The zero-order chi connectivity index (χ0) is 23.9. The third-order valence-electron chi connectivity index (χ3n) is 5.64. The Morgan fingerprint density at radius 2 is 1.52 bits per heavy atom. The fourth-order valence-electron chi connectivity index (χ4n) is 3.73. The molecule has 2 aromatic rings. The maximum atomic E-state index is 12.6. The van der Waals surface area contributed by atoms with E-state index in [2.05, 4.69) is 5.32 Å². The maximum absolute atomic E-state index is 12.6. The fourth-order valence-corrected chi connectivity index (χ4v) is 6.02. The van der Waals surface area contributed by atoms with Crippen LogP contribution in [0, 0.1) is 0 Å². The number of amides is 1. The minimum absolute atomic E-state index is 0.225. The number of carbonyl (C=O) groups excluding carboxylic acids is 1. The van der Waals surface area contributed by atoms with Gasteiger partial charge >= 0.3 is 0 Å². The van der Waals surface area contributed by atoms with Gasteiger partial charge in [0.25, 0.3) is 0 Å². The zero-order valence-corrected chi connectivity index (χ0v) is 20.4. The van der Waals surface area contributed by atoms with Crippen LogP contribution in [0.3, 0.4) is 0 Å². The molecule has 0 atom stereocenters. The molecule has 0 bridgehead atoms. The van der Waals surface area contributed by atoms with Gasteiger partial charge in [0, 0.05) is 26.2 Å². The molecule has 33 heavy (non-hydrogen) atoms. The summed E-state index contributed by atoms with van der Waals surface area (Å²) in [6.45, 7) is 1.44. The average Bonchev–Trinajstić information content (AvgIpc) is 3.33. The van der Waals surface area contributed by atoms with E-state index in [0.29, 0.717) is 32.5 Å². The first kappa shape index (κ1) is 25.4. The summed E-state index contributed by atoms with van der Waals surface area (Å²) in [6, 6.07) is 16.2. The van der Waals surface area contributed by atoms with Gasteiger partial charge in [0.15, 0.2) is 0 Å². The first-order chi connectivity index (χ1) is 15.7. The van der Waals surface area contributed by atoms with Crippen LogP contribution in [-0.2, 0) is 37.7 Å². The minimum Gasteiger partial charge on any atom is -0.355 e. The van der Waals surface area contributed by atoms with Crippen molar-refractivity contribution in [2.75, 3.05) is 39.0 Å². The molecule has 2 aromatic carbocycles. The second-order valence-corrected chi connectivity index (χ2v) is 12.1. The van der Waals surface area contributed by atoms with Gasteiger partial charge in [-0.05, 0) is 48.9 Å². The van der Waals surface area contributed by atoms with Crippen molar-refractivity contribution in [2.45, 2.75) is 30.6 Å². The number of carbonyl (C=O) groups is 1. The molecule has 1 heterocycles. The Hall–Kier alpha value is -2.27. The first-order valence-corrected chi connectivity index (χ1v) is 14.3. The molecular weight excluding hydrogens is 462 g/mol. The fraction of sp³-hybridized carbons (Fsp3) is 0.435. The van der Waals surface area contributed by atoms with Crippen molar-refractivity contribution in [1.29, 1.82) is 0 Å². The Bertz CT molecular complexity index is 1130. The van der Waals surface area contributed by atoms with Crippen molar-refractivity contribution in [1.82, 2.24) is 13.9 Å². The first-order valence-electron chi connectivity index (χ1n) is 11.0. The summed E-state index contributed by atoms with van der Waals surface area (Å²) in [4.78, 5) is 12.6. The summed E-state index contributed by atoms with van der Waals surface area (Å²) in [7, 11) is -6.96. The molecule has 180 valence electrons. The van der Waals surface area contributed by atoms with Crippen LogP contribution >= 0.6 is 0 Å². The molecule has 0 aliphatic carbocycles. The van der Waals surface area contributed by atoms with E-state index >= 15 is 0 Å². The van der Waals surface area contributed by atoms with Crippen molar-refractivity contribution in [3.05, 3.63) is 65.7 Å². The van der Waals surface area contributed by atoms with Crippen LogP contribution in [0.5, 0.6) is 0 Å². The van der Waals surface area contributed by atoms with Crippen LogP contribution in [0.15, 0.2) is 59.5 Å². The third kappa shape index (κ3) is 7.36. The van der Waals surface area contributed by atoms with Gasteiger partial charge in [0.2, 0.25) is 26.0 Å². The molecule has 1 saturated heterocycles. The van der Waals surface area contributed by atoms with Crippen LogP contribution in [0.4, 0.5) is 0 Å². The number of hydrogen-bond acceptors (Lipinski definition) is 5. The van der Waals surface area contributed by atoms with Crippen LogP contribution in [0.1, 0.15) is 24.0 Å². The lowest BCUT2D eigenvalue weighted by molar-refractivity contribution is -0.121. The molecule has 0 aromatic heterocycles. The zero-order valence-electron chi connectivity index (χ0n) is 18.8. The van der Waals surface area contributed by atoms with Crippen LogP contribution in [0.2, 0.25) is 0 Å². The highest BCUT2D eigenvalue weighted by atomic mass is 32.2. The van der Waals surface area contributed by atoms with Crippen LogP contribution < -0.4 is 5.32 Å². The quantitative estimate of drug-likeness (QED) is 0.513. The van der Waals surface area contributed by atoms with Crippen LogP contribution in [0.25, 0.3) is 0 Å². The maximum Gasteiger partial charge on any atom is 0.243 e. The van der Waals surface area contributed by atoms with Crippen molar-refractivity contribution in [3.8, 4) is 0 Å². The van der Waals surface area contributed by atoms with Gasteiger partial charge in [-0.15, -0.1) is 0 Å². The molecule has 0 unspecified atom stereocenters. The molecule has 0 spiro atoms. The summed E-state index contributed by atoms with van der Waals surface area (Å²) >= 11 is 0. The lowest BCUT2D eigenvalue weighted by Crippen LogP contribution is -2.41. The van der Waals surface area contributed by atoms with Crippen LogP contribution in [-0.4, -0.2) is 70.3 Å². The number of rotatable bonds is 11. The van der Waals surface area contributed by atoms with E-state index in [9.17, 15) is 21.6 Å². The second kappa shape index (κ2) is 11.2. The molecule has 1 aliphatic rings. The number of sulfonamides is 2. The van der Waals surface area contributed by atoms with E-state index < -0.39 is 20.0 Å². The van der Waals surface area contributed by atoms with E-state index in [1.165, 1.54) is 8.61 Å². The van der Waals surface area contributed by atoms with Crippen molar-refractivity contribution in [3.63, 3.8) is 0 Å². The number of hydrogen-bond donors (Lipinski definition) is 1. The summed E-state index contributed by atoms with van der Waals surface area (Å²) in [5, 5.41) is 2.75. The molecular formula is C23H31N3O5S2. The van der Waals surface area contributed by atoms with Crippen molar-refractivity contribution in [2.24, 2.45) is 0 Å². The molecule has 1 amide bonds. The Kier molecular flexibility index (Phi) is 8.63. The molecule has 3 rings (SSSR count). The van der Waals surface area contributed by atoms with E-state index in [1.807, 2.05) is 30.3 Å². The third-order valence-corrected chi connectivity index (χ3v) is 8.81. The number of nitrogens with zero attached hydrogens (tertiary/aromatic N) is 2. The summed E-state index contributed by atoms with van der Waals surface area (Å²) < 4.78 is 52.0. The van der Waals surface area contributed by atoms with Gasteiger partial charge in [-0.3, -0.25) is 4.79 Å². The molecule has 0 saturated carbocycles. The Labute approximate surface area is 196 Å². The van der Waals surface area contributed by atoms with E-state index in [0.717, 1.165) is 30.2 Å². The highest BCUT2D eigenvalue weighted by Gasteiger charge is 2.27. The minimum atomic E-state index is -3.52. The smallest absolute Gasteiger partial charge is 0.243 e. The monoisotopic (exact) mass is 493 g/mol. The highest BCUT2D eigenvalue weighted by molar-refractivity contribution is 7.89. The largest absolute Gasteiger partial charge is 0.355 e. The standard InChI is InChI=1S/C23H31N3O5S2/c1-32(28,29)26(18-14-20-7-3-2-4-8-20)19-23(27)24-15-13-21-9-11-22(12-10-21)33(30,31)25-16-5-6-17-25/h2-4,7-12H,5-6,13-19H2,1H3,(H,24,27). The second-order valence-electron chi connectivity index (χ2n) is 8.19. The molecule has 1 aliphatic heterocycles. The Morgan fingerprint density at radius 1 is 0.909 bits per heavy atom. The average molecular weight is 494 g/mol. The van der Waals surface area contributed by atoms with E-state index in [4.69, 9.17) is 0 Å². The lowest BCUT2D eigenvalue weighted by atomic mass is 10.1. The van der Waals surface area contributed by atoms with Crippen molar-refractivity contribution < 1.29 is 21.6 Å². The van der Waals surface area contributed by atoms with Gasteiger partial charge in [-0.2, -0.15) is 8.61 Å². The molecule has 8 nitrogen and oxygen atoms in total. The SMILES string of the molecule is CS(=O)(=O)N(CCc1ccccc1)CC(=O)NCCc1ccc(S(=O)(=O)N2CCCC2)cc1. The van der Waals surface area contributed by atoms with Gasteiger partial charge in [-0.1, -0.05) is 42.5 Å². The van der Waals surface area contributed by atoms with E-state index in [1.54, 1.807) is 24.3 Å². The predicted octanol–water partition coefficient (Wildman–Crippen LogP) is 1.63. The highest BCUT2D eigenvalue weighted by Crippen LogP contribution is 2.21. The molecule has 1 fully saturated rings. The summed E-state index contributed by atoms with van der Waals surface area (Å²) in [5.41, 5.74) is 1.89. The van der Waals surface area contributed by atoms with E-state index in [-0.39, 0.29) is 23.9 Å². The normalized spacial score (nSPS) is 15.1. The lowest BCUT2D eigenvalue weighted by Gasteiger charge is -2.19. The molecule has 10 heteroatoms. The van der Waals surface area contributed by atoms with Gasteiger partial charge in [-0.25, -0.2) is 16.8 Å². The van der Waals surface area contributed by atoms with Crippen molar-refractivity contribution >= 4 is 26.0 Å². The topological polar surface area (TPSA) is 104 Å². The molecule has 1 N–H and O–H groups in total. The summed E-state index contributed by atoms with van der Waals surface area (Å²) in [6.07, 6.45) is 3.91. The summed E-state index contributed by atoms with van der Waals surface area (Å²) in [5.74, 6) is -0.373.